The van der Waals surface area contributed by atoms with Crippen molar-refractivity contribution in [3.8, 4) is 0 Å². The first kappa shape index (κ1) is 14.9. The van der Waals surface area contributed by atoms with Crippen LogP contribution in [0.2, 0.25) is 0 Å². The van der Waals surface area contributed by atoms with Crippen molar-refractivity contribution in [1.82, 2.24) is 10.2 Å². The van der Waals surface area contributed by atoms with Gasteiger partial charge in [-0.25, -0.2) is 0 Å². The van der Waals surface area contributed by atoms with E-state index in [0.717, 1.165) is 19.6 Å². The maximum Gasteiger partial charge on any atom is 0.0615 e. The molecule has 0 saturated heterocycles. The average Bonchev–Trinajstić information content (AvgIpc) is 2.14. The van der Waals surface area contributed by atoms with Crippen LogP contribution >= 0.6 is 0 Å². The van der Waals surface area contributed by atoms with Gasteiger partial charge in [0.05, 0.1) is 6.61 Å². The lowest BCUT2D eigenvalue weighted by atomic mass is 10.0. The summed E-state index contributed by atoms with van der Waals surface area (Å²) in [6, 6.07) is 1.02. The van der Waals surface area contributed by atoms with E-state index in [9.17, 15) is 0 Å². The van der Waals surface area contributed by atoms with E-state index in [0.29, 0.717) is 18.0 Å². The third kappa shape index (κ3) is 6.88. The summed E-state index contributed by atoms with van der Waals surface area (Å²) in [6.45, 7) is 8.61. The summed E-state index contributed by atoms with van der Waals surface area (Å²) in [5.74, 6) is 0.651. The summed E-state index contributed by atoms with van der Waals surface area (Å²) in [4.78, 5) is 2.23. The molecule has 2 atom stereocenters. The minimum Gasteiger partial charge on any atom is -0.383 e. The van der Waals surface area contributed by atoms with Crippen LogP contribution in [0.1, 0.15) is 27.2 Å². The Kier molecular flexibility index (Phi) is 8.02. The topological polar surface area (TPSA) is 24.5 Å². The molecule has 0 bridgehead atoms. The Labute approximate surface area is 95.2 Å². The van der Waals surface area contributed by atoms with Crippen LogP contribution in [0, 0.1) is 5.92 Å². The quantitative estimate of drug-likeness (QED) is 0.667. The lowest BCUT2D eigenvalue weighted by Gasteiger charge is -2.29. The van der Waals surface area contributed by atoms with Crippen LogP contribution < -0.4 is 5.32 Å². The SMILES string of the molecule is CCC(COC)NC(CN(C)C)C(C)C. The first-order valence-electron chi connectivity index (χ1n) is 5.90. The molecule has 1 N–H and O–H groups in total. The van der Waals surface area contributed by atoms with E-state index in [1.165, 1.54) is 0 Å². The van der Waals surface area contributed by atoms with E-state index in [1.54, 1.807) is 7.11 Å². The van der Waals surface area contributed by atoms with Gasteiger partial charge >= 0.3 is 0 Å². The smallest absolute Gasteiger partial charge is 0.0615 e. The second kappa shape index (κ2) is 8.08. The fraction of sp³-hybridized carbons (Fsp3) is 1.00. The molecule has 0 aromatic heterocycles. The fourth-order valence-corrected chi connectivity index (χ4v) is 1.64. The molecule has 0 spiro atoms. The number of rotatable bonds is 8. The van der Waals surface area contributed by atoms with Crippen LogP contribution in [0.15, 0.2) is 0 Å². The third-order valence-corrected chi connectivity index (χ3v) is 2.68. The molecule has 0 radical (unpaired) electrons. The molecule has 0 aromatic rings. The molecule has 0 aromatic carbocycles. The summed E-state index contributed by atoms with van der Waals surface area (Å²) in [6.07, 6.45) is 1.12. The highest BCUT2D eigenvalue weighted by Crippen LogP contribution is 2.05. The Balaban J connectivity index is 4.12. The van der Waals surface area contributed by atoms with Crippen LogP contribution in [0.5, 0.6) is 0 Å². The fourth-order valence-electron chi connectivity index (χ4n) is 1.64. The minimum absolute atomic E-state index is 0.474. The monoisotopic (exact) mass is 216 g/mol. The Morgan fingerprint density at radius 2 is 1.87 bits per heavy atom. The number of ether oxygens (including phenoxy) is 1. The van der Waals surface area contributed by atoms with Gasteiger partial charge < -0.3 is 15.0 Å². The van der Waals surface area contributed by atoms with Gasteiger partial charge in [-0.05, 0) is 26.4 Å². The highest BCUT2D eigenvalue weighted by molar-refractivity contribution is 4.77. The van der Waals surface area contributed by atoms with Crippen molar-refractivity contribution in [3.05, 3.63) is 0 Å². The Hall–Kier alpha value is -0.120. The van der Waals surface area contributed by atoms with Gasteiger partial charge in [0, 0.05) is 25.7 Å². The summed E-state index contributed by atoms with van der Waals surface area (Å²) >= 11 is 0. The minimum atomic E-state index is 0.474. The van der Waals surface area contributed by atoms with Crippen molar-refractivity contribution in [2.75, 3.05) is 34.4 Å². The molecule has 15 heavy (non-hydrogen) atoms. The van der Waals surface area contributed by atoms with Crippen molar-refractivity contribution >= 4 is 0 Å². The van der Waals surface area contributed by atoms with E-state index >= 15 is 0 Å². The Morgan fingerprint density at radius 1 is 1.27 bits per heavy atom. The van der Waals surface area contributed by atoms with E-state index in [1.807, 2.05) is 0 Å². The van der Waals surface area contributed by atoms with Crippen LogP contribution in [0.3, 0.4) is 0 Å². The van der Waals surface area contributed by atoms with Gasteiger partial charge in [-0.15, -0.1) is 0 Å². The molecular formula is C12H28N2O. The molecular weight excluding hydrogens is 188 g/mol. The van der Waals surface area contributed by atoms with Crippen molar-refractivity contribution in [2.24, 2.45) is 5.92 Å². The number of methoxy groups -OCH3 is 1. The van der Waals surface area contributed by atoms with Crippen molar-refractivity contribution in [3.63, 3.8) is 0 Å². The Bertz CT molecular complexity index is 149. The van der Waals surface area contributed by atoms with E-state index in [-0.39, 0.29) is 0 Å². The summed E-state index contributed by atoms with van der Waals surface area (Å²) in [7, 11) is 6.00. The number of hydrogen-bond donors (Lipinski definition) is 1. The standard InChI is InChI=1S/C12H28N2O/c1-7-11(9-15-6)13-12(10(2)3)8-14(4)5/h10-13H,7-9H2,1-6H3. The van der Waals surface area contributed by atoms with Crippen molar-refractivity contribution in [1.29, 1.82) is 0 Å². The number of hydrogen-bond acceptors (Lipinski definition) is 3. The maximum atomic E-state index is 5.20. The van der Waals surface area contributed by atoms with Gasteiger partial charge in [-0.3, -0.25) is 0 Å². The van der Waals surface area contributed by atoms with Gasteiger partial charge in [-0.2, -0.15) is 0 Å². The van der Waals surface area contributed by atoms with Gasteiger partial charge in [0.25, 0.3) is 0 Å². The second-order valence-electron chi connectivity index (χ2n) is 4.84. The third-order valence-electron chi connectivity index (χ3n) is 2.68. The lowest BCUT2D eigenvalue weighted by Crippen LogP contribution is -2.48. The highest BCUT2D eigenvalue weighted by atomic mass is 16.5. The lowest BCUT2D eigenvalue weighted by molar-refractivity contribution is 0.147. The molecule has 0 fully saturated rings. The van der Waals surface area contributed by atoms with Gasteiger partial charge in [0.2, 0.25) is 0 Å². The number of nitrogens with zero attached hydrogens (tertiary/aromatic N) is 1. The van der Waals surface area contributed by atoms with E-state index in [4.69, 9.17) is 4.74 Å². The molecule has 0 rings (SSSR count). The predicted molar refractivity (Wildman–Crippen MR) is 66.3 cm³/mol. The summed E-state index contributed by atoms with van der Waals surface area (Å²) < 4.78 is 5.20. The van der Waals surface area contributed by atoms with E-state index < -0.39 is 0 Å². The van der Waals surface area contributed by atoms with Gasteiger partial charge in [0.15, 0.2) is 0 Å². The van der Waals surface area contributed by atoms with Crippen LogP contribution in [-0.4, -0.2) is 51.3 Å². The van der Waals surface area contributed by atoms with Crippen LogP contribution in [0.4, 0.5) is 0 Å². The largest absolute Gasteiger partial charge is 0.383 e. The maximum absolute atomic E-state index is 5.20. The highest BCUT2D eigenvalue weighted by Gasteiger charge is 2.17. The van der Waals surface area contributed by atoms with E-state index in [2.05, 4.69) is 45.1 Å². The molecule has 2 unspecified atom stereocenters. The number of likely N-dealkylation sites (N-methyl/N-ethyl adjacent to an activating group) is 1. The van der Waals surface area contributed by atoms with Crippen molar-refractivity contribution in [2.45, 2.75) is 39.3 Å². The Morgan fingerprint density at radius 3 is 2.20 bits per heavy atom. The zero-order chi connectivity index (χ0) is 11.8. The molecule has 0 aliphatic heterocycles. The molecule has 0 heterocycles. The molecule has 0 aliphatic rings. The second-order valence-corrected chi connectivity index (χ2v) is 4.84. The van der Waals surface area contributed by atoms with Gasteiger partial charge in [-0.1, -0.05) is 20.8 Å². The number of nitrogens with one attached hydrogen (secondary N) is 1. The molecule has 3 heteroatoms. The molecule has 0 amide bonds. The molecule has 0 saturated carbocycles. The summed E-state index contributed by atoms with van der Waals surface area (Å²) in [5.41, 5.74) is 0. The normalized spacial score (nSPS) is 16.0. The first-order valence-corrected chi connectivity index (χ1v) is 5.90. The molecule has 3 nitrogen and oxygen atoms in total. The average molecular weight is 216 g/mol. The van der Waals surface area contributed by atoms with Crippen molar-refractivity contribution < 1.29 is 4.74 Å². The zero-order valence-corrected chi connectivity index (χ0v) is 11.2. The summed E-state index contributed by atoms with van der Waals surface area (Å²) in [5, 5.41) is 3.67. The zero-order valence-electron chi connectivity index (χ0n) is 11.2. The molecule has 92 valence electrons. The predicted octanol–water partition coefficient (Wildman–Crippen LogP) is 1.59. The van der Waals surface area contributed by atoms with Crippen LogP contribution in [-0.2, 0) is 4.74 Å². The van der Waals surface area contributed by atoms with Crippen LogP contribution in [0.25, 0.3) is 0 Å². The van der Waals surface area contributed by atoms with Gasteiger partial charge in [0.1, 0.15) is 0 Å². The first-order chi connectivity index (χ1) is 7.01. The molecule has 0 aliphatic carbocycles.